The lowest BCUT2D eigenvalue weighted by molar-refractivity contribution is -0.116. The molecule has 1 aromatic rings. The van der Waals surface area contributed by atoms with Crippen LogP contribution in [0.15, 0.2) is 24.3 Å². The van der Waals surface area contributed by atoms with Crippen LogP contribution in [0.2, 0.25) is 0 Å². The molecule has 0 aliphatic carbocycles. The van der Waals surface area contributed by atoms with E-state index in [0.717, 1.165) is 25.7 Å². The van der Waals surface area contributed by atoms with Gasteiger partial charge in [0.05, 0.1) is 11.3 Å². The number of nitrogens with one attached hydrogen (secondary N) is 2. The second-order valence-corrected chi connectivity index (χ2v) is 4.91. The molecule has 0 saturated carbocycles. The van der Waals surface area contributed by atoms with E-state index in [9.17, 15) is 9.59 Å². The first-order chi connectivity index (χ1) is 10.2. The Kier molecular flexibility index (Phi) is 8.12. The van der Waals surface area contributed by atoms with Crippen LogP contribution in [0.4, 0.5) is 5.69 Å². The van der Waals surface area contributed by atoms with E-state index in [1.807, 2.05) is 6.92 Å². The molecule has 0 bridgehead atoms. The summed E-state index contributed by atoms with van der Waals surface area (Å²) in [7, 11) is 0. The minimum absolute atomic E-state index is 0.0560. The quantitative estimate of drug-likeness (QED) is 0.610. The maximum atomic E-state index is 11.9. The predicted octanol–water partition coefficient (Wildman–Crippen LogP) is 2.28. The molecule has 0 radical (unpaired) electrons. The van der Waals surface area contributed by atoms with Gasteiger partial charge in [-0.1, -0.05) is 25.0 Å². The van der Waals surface area contributed by atoms with Crippen molar-refractivity contribution in [3.63, 3.8) is 0 Å². The highest BCUT2D eigenvalue weighted by molar-refractivity contribution is 6.03. The van der Waals surface area contributed by atoms with E-state index >= 15 is 0 Å². The van der Waals surface area contributed by atoms with Gasteiger partial charge in [0.15, 0.2) is 0 Å². The number of benzene rings is 1. The highest BCUT2D eigenvalue weighted by atomic mass is 16.2. The summed E-state index contributed by atoms with van der Waals surface area (Å²) in [6, 6.07) is 7.05. The molecule has 116 valence electrons. The summed E-state index contributed by atoms with van der Waals surface area (Å²) in [6.07, 6.45) is 4.37. The minimum atomic E-state index is -0.170. The van der Waals surface area contributed by atoms with Crippen molar-refractivity contribution in [2.45, 2.75) is 39.0 Å². The van der Waals surface area contributed by atoms with Crippen molar-refractivity contribution in [2.24, 2.45) is 5.73 Å². The topological polar surface area (TPSA) is 84.2 Å². The van der Waals surface area contributed by atoms with Crippen LogP contribution in [-0.4, -0.2) is 24.9 Å². The van der Waals surface area contributed by atoms with Crippen molar-refractivity contribution in [2.75, 3.05) is 18.4 Å². The van der Waals surface area contributed by atoms with Crippen molar-refractivity contribution in [3.05, 3.63) is 29.8 Å². The molecule has 5 heteroatoms. The van der Waals surface area contributed by atoms with E-state index in [4.69, 9.17) is 5.73 Å². The maximum Gasteiger partial charge on any atom is 0.253 e. The van der Waals surface area contributed by atoms with Crippen molar-refractivity contribution in [1.82, 2.24) is 5.32 Å². The number of carbonyl (C=O) groups is 2. The number of anilines is 1. The van der Waals surface area contributed by atoms with E-state index < -0.39 is 0 Å². The Morgan fingerprint density at radius 2 is 1.81 bits per heavy atom. The third-order valence-electron chi connectivity index (χ3n) is 3.14. The highest BCUT2D eigenvalue weighted by Crippen LogP contribution is 2.15. The first kappa shape index (κ1) is 17.2. The first-order valence-electron chi connectivity index (χ1n) is 7.56. The van der Waals surface area contributed by atoms with Gasteiger partial charge in [0.25, 0.3) is 5.91 Å². The van der Waals surface area contributed by atoms with E-state index in [1.165, 1.54) is 0 Å². The van der Waals surface area contributed by atoms with Crippen LogP contribution in [0.5, 0.6) is 0 Å². The average molecular weight is 291 g/mol. The monoisotopic (exact) mass is 291 g/mol. The molecule has 0 saturated heterocycles. The Bertz CT molecular complexity index is 461. The fourth-order valence-electron chi connectivity index (χ4n) is 2.04. The first-order valence-corrected chi connectivity index (χ1v) is 7.56. The molecule has 0 fully saturated rings. The summed E-state index contributed by atoms with van der Waals surface area (Å²) in [6.45, 7) is 3.12. The molecule has 2 amide bonds. The SMILES string of the molecule is CCNC(=O)c1ccccc1NC(=O)CCCCCCN. The summed E-state index contributed by atoms with van der Waals surface area (Å²) < 4.78 is 0. The fraction of sp³-hybridized carbons (Fsp3) is 0.500. The van der Waals surface area contributed by atoms with Gasteiger partial charge in [-0.25, -0.2) is 0 Å². The van der Waals surface area contributed by atoms with Crippen LogP contribution in [-0.2, 0) is 4.79 Å². The number of para-hydroxylation sites is 1. The van der Waals surface area contributed by atoms with Gasteiger partial charge in [0, 0.05) is 13.0 Å². The van der Waals surface area contributed by atoms with Gasteiger partial charge in [0.2, 0.25) is 5.91 Å². The van der Waals surface area contributed by atoms with Crippen LogP contribution < -0.4 is 16.4 Å². The average Bonchev–Trinajstić information content (AvgIpc) is 2.48. The van der Waals surface area contributed by atoms with Gasteiger partial charge in [-0.05, 0) is 38.4 Å². The van der Waals surface area contributed by atoms with Gasteiger partial charge < -0.3 is 16.4 Å². The lowest BCUT2D eigenvalue weighted by Gasteiger charge is -2.10. The number of rotatable bonds is 9. The molecule has 0 spiro atoms. The second kappa shape index (κ2) is 9.94. The van der Waals surface area contributed by atoms with E-state index in [0.29, 0.717) is 30.8 Å². The zero-order valence-electron chi connectivity index (χ0n) is 12.7. The van der Waals surface area contributed by atoms with Gasteiger partial charge in [-0.3, -0.25) is 9.59 Å². The number of hydrogen-bond acceptors (Lipinski definition) is 3. The van der Waals surface area contributed by atoms with Crippen LogP contribution in [0, 0.1) is 0 Å². The zero-order chi connectivity index (χ0) is 15.5. The van der Waals surface area contributed by atoms with E-state index in [2.05, 4.69) is 10.6 Å². The molecule has 5 nitrogen and oxygen atoms in total. The molecule has 4 N–H and O–H groups in total. The molecular formula is C16H25N3O2. The van der Waals surface area contributed by atoms with E-state index in [1.54, 1.807) is 24.3 Å². The Labute approximate surface area is 126 Å². The Hall–Kier alpha value is -1.88. The molecule has 0 atom stereocenters. The number of nitrogens with two attached hydrogens (primary N) is 1. The summed E-state index contributed by atoms with van der Waals surface area (Å²) in [5, 5.41) is 5.56. The summed E-state index contributed by atoms with van der Waals surface area (Å²) in [5.74, 6) is -0.226. The van der Waals surface area contributed by atoms with Gasteiger partial charge in [-0.2, -0.15) is 0 Å². The van der Waals surface area contributed by atoms with Crippen LogP contribution in [0.1, 0.15) is 49.4 Å². The molecule has 21 heavy (non-hydrogen) atoms. The lowest BCUT2D eigenvalue weighted by atomic mass is 10.1. The van der Waals surface area contributed by atoms with Gasteiger partial charge in [-0.15, -0.1) is 0 Å². The van der Waals surface area contributed by atoms with Crippen molar-refractivity contribution < 1.29 is 9.59 Å². The van der Waals surface area contributed by atoms with E-state index in [-0.39, 0.29) is 11.8 Å². The standard InChI is InChI=1S/C16H25N3O2/c1-2-18-16(21)13-9-6-7-10-14(13)19-15(20)11-5-3-4-8-12-17/h6-7,9-10H,2-5,8,11-12,17H2,1H3,(H,18,21)(H,19,20). The number of amides is 2. The van der Waals surface area contributed by atoms with Crippen LogP contribution in [0.3, 0.4) is 0 Å². The number of carbonyl (C=O) groups excluding carboxylic acids is 2. The molecule has 0 aliphatic heterocycles. The Morgan fingerprint density at radius 3 is 2.52 bits per heavy atom. The molecule has 1 aromatic carbocycles. The van der Waals surface area contributed by atoms with Crippen LogP contribution in [0.25, 0.3) is 0 Å². The fourth-order valence-corrected chi connectivity index (χ4v) is 2.04. The molecule has 0 aliphatic rings. The highest BCUT2D eigenvalue weighted by Gasteiger charge is 2.11. The third kappa shape index (κ3) is 6.40. The maximum absolute atomic E-state index is 11.9. The molecule has 0 unspecified atom stereocenters. The predicted molar refractivity (Wildman–Crippen MR) is 85.2 cm³/mol. The molecule has 0 aromatic heterocycles. The largest absolute Gasteiger partial charge is 0.352 e. The third-order valence-corrected chi connectivity index (χ3v) is 3.14. The van der Waals surface area contributed by atoms with Crippen molar-refractivity contribution >= 4 is 17.5 Å². The smallest absolute Gasteiger partial charge is 0.253 e. The van der Waals surface area contributed by atoms with Crippen molar-refractivity contribution in [1.29, 1.82) is 0 Å². The summed E-state index contributed by atoms with van der Waals surface area (Å²) in [5.41, 5.74) is 6.49. The molecule has 0 heterocycles. The minimum Gasteiger partial charge on any atom is -0.352 e. The molecular weight excluding hydrogens is 266 g/mol. The normalized spacial score (nSPS) is 10.2. The van der Waals surface area contributed by atoms with Crippen LogP contribution >= 0.6 is 0 Å². The number of hydrogen-bond donors (Lipinski definition) is 3. The zero-order valence-corrected chi connectivity index (χ0v) is 12.7. The molecule has 1 rings (SSSR count). The van der Waals surface area contributed by atoms with Gasteiger partial charge in [0.1, 0.15) is 0 Å². The van der Waals surface area contributed by atoms with Gasteiger partial charge >= 0.3 is 0 Å². The summed E-state index contributed by atoms with van der Waals surface area (Å²) >= 11 is 0. The Balaban J connectivity index is 2.50. The lowest BCUT2D eigenvalue weighted by Crippen LogP contribution is -2.24. The second-order valence-electron chi connectivity index (χ2n) is 4.91. The number of unbranched alkanes of at least 4 members (excludes halogenated alkanes) is 3. The summed E-state index contributed by atoms with van der Waals surface area (Å²) in [4.78, 5) is 23.8. The van der Waals surface area contributed by atoms with Crippen molar-refractivity contribution in [3.8, 4) is 0 Å². The Morgan fingerprint density at radius 1 is 1.10 bits per heavy atom.